The monoisotopic (exact) mass is 325 g/mol. The molecule has 5 heteroatoms. The van der Waals surface area contributed by atoms with Crippen LogP contribution in [0.5, 0.6) is 0 Å². The van der Waals surface area contributed by atoms with Gasteiger partial charge in [-0.15, -0.1) is 0 Å². The fourth-order valence-electron chi connectivity index (χ4n) is 2.10. The Kier molecular flexibility index (Phi) is 11.0. The van der Waals surface area contributed by atoms with Gasteiger partial charge in [0.2, 0.25) is 0 Å². The summed E-state index contributed by atoms with van der Waals surface area (Å²) in [5.41, 5.74) is 0. The van der Waals surface area contributed by atoms with Crippen molar-refractivity contribution in [3.63, 3.8) is 0 Å². The second-order valence-electron chi connectivity index (χ2n) is 6.63. The van der Waals surface area contributed by atoms with E-state index in [4.69, 9.17) is 4.74 Å². The van der Waals surface area contributed by atoms with E-state index in [0.29, 0.717) is 17.4 Å². The summed E-state index contributed by atoms with van der Waals surface area (Å²) in [6, 6.07) is 0. The van der Waals surface area contributed by atoms with Gasteiger partial charge >= 0.3 is 5.97 Å². The van der Waals surface area contributed by atoms with Crippen molar-refractivity contribution in [1.29, 1.82) is 0 Å². The highest BCUT2D eigenvalue weighted by atomic mass is 16.5. The zero-order chi connectivity index (χ0) is 17.7. The quantitative estimate of drug-likeness (QED) is 0.238. The predicted molar refractivity (Wildman–Crippen MR) is 89.4 cm³/mol. The molecule has 0 saturated heterocycles. The zero-order valence-corrected chi connectivity index (χ0v) is 14.9. The van der Waals surface area contributed by atoms with Gasteiger partial charge in [0.25, 0.3) is 0 Å². The van der Waals surface area contributed by atoms with Gasteiger partial charge in [0.15, 0.2) is 6.10 Å². The van der Waals surface area contributed by atoms with E-state index in [1.807, 2.05) is 27.2 Å². The van der Waals surface area contributed by atoms with E-state index in [1.54, 1.807) is 0 Å². The molecule has 0 aliphatic rings. The van der Waals surface area contributed by atoms with E-state index in [0.717, 1.165) is 19.3 Å². The molecule has 132 valence electrons. The molecule has 0 radical (unpaired) electrons. The molecule has 0 aromatic rings. The number of quaternary nitrogens is 1. The Hall–Kier alpha value is -1.62. The number of aliphatic carboxylic acids is 1. The van der Waals surface area contributed by atoms with Crippen LogP contribution in [0.25, 0.3) is 0 Å². The first-order chi connectivity index (χ1) is 10.7. The van der Waals surface area contributed by atoms with E-state index in [1.165, 1.54) is 0 Å². The summed E-state index contributed by atoms with van der Waals surface area (Å²) in [7, 11) is 5.77. The molecule has 5 nitrogen and oxygen atoms in total. The number of likely N-dealkylation sites (N-methyl/N-ethyl adjacent to an activating group) is 1. The maximum absolute atomic E-state index is 11.8. The average molecular weight is 325 g/mol. The summed E-state index contributed by atoms with van der Waals surface area (Å²) >= 11 is 0. The Morgan fingerprint density at radius 1 is 1.04 bits per heavy atom. The molecule has 1 atom stereocenters. The summed E-state index contributed by atoms with van der Waals surface area (Å²) in [5.74, 6) is -1.56. The molecule has 0 aromatic carbocycles. The maximum atomic E-state index is 11.8. The fraction of sp³-hybridized carbons (Fsp3) is 0.667. The first kappa shape index (κ1) is 21.4. The van der Waals surface area contributed by atoms with Crippen molar-refractivity contribution in [3.8, 4) is 0 Å². The SMILES string of the molecule is CC/C=C/CC/C=C/CCC(=O)OC(CC(=O)[O-])C[N+](C)(C)C. The Balaban J connectivity index is 4.09. The molecular formula is C18H31NO4. The minimum atomic E-state index is -1.20. The van der Waals surface area contributed by atoms with Gasteiger partial charge in [-0.3, -0.25) is 4.79 Å². The van der Waals surface area contributed by atoms with Gasteiger partial charge in [0.1, 0.15) is 6.54 Å². The lowest BCUT2D eigenvalue weighted by Crippen LogP contribution is -2.45. The molecule has 0 aliphatic heterocycles. The topological polar surface area (TPSA) is 66.4 Å². The van der Waals surface area contributed by atoms with Crippen LogP contribution in [0, 0.1) is 0 Å². The molecule has 0 aliphatic carbocycles. The summed E-state index contributed by atoms with van der Waals surface area (Å²) in [6.45, 7) is 2.55. The van der Waals surface area contributed by atoms with E-state index in [2.05, 4.69) is 25.2 Å². The summed E-state index contributed by atoms with van der Waals surface area (Å²) in [4.78, 5) is 22.6. The number of hydrogen-bond donors (Lipinski definition) is 0. The molecule has 0 heterocycles. The van der Waals surface area contributed by atoms with Gasteiger partial charge in [-0.25, -0.2) is 0 Å². The third kappa shape index (κ3) is 15.1. The van der Waals surface area contributed by atoms with Gasteiger partial charge in [-0.05, 0) is 25.7 Å². The number of carbonyl (C=O) groups is 2. The van der Waals surface area contributed by atoms with Gasteiger partial charge in [0, 0.05) is 18.8 Å². The highest BCUT2D eigenvalue weighted by Crippen LogP contribution is 2.07. The van der Waals surface area contributed by atoms with Crippen molar-refractivity contribution in [1.82, 2.24) is 0 Å². The molecule has 0 N–H and O–H groups in total. The summed E-state index contributed by atoms with van der Waals surface area (Å²) in [5, 5.41) is 10.8. The van der Waals surface area contributed by atoms with Crippen molar-refractivity contribution in [2.75, 3.05) is 27.7 Å². The van der Waals surface area contributed by atoms with Crippen LogP contribution in [0.4, 0.5) is 0 Å². The van der Waals surface area contributed by atoms with Gasteiger partial charge in [0.05, 0.1) is 21.1 Å². The van der Waals surface area contributed by atoms with E-state index < -0.39 is 12.1 Å². The highest BCUT2D eigenvalue weighted by Gasteiger charge is 2.22. The molecule has 0 spiro atoms. The molecule has 0 saturated carbocycles. The van der Waals surface area contributed by atoms with Crippen molar-refractivity contribution >= 4 is 11.9 Å². The lowest BCUT2D eigenvalue weighted by atomic mass is 10.2. The van der Waals surface area contributed by atoms with Gasteiger partial charge in [-0.2, -0.15) is 0 Å². The molecule has 0 fully saturated rings. The van der Waals surface area contributed by atoms with Gasteiger partial charge in [-0.1, -0.05) is 31.2 Å². The standard InChI is InChI=1S/C18H31NO4/c1-5-6-7-8-9-10-11-12-13-18(22)23-16(14-17(20)21)15-19(2,3)4/h6-7,10-11,16H,5,8-9,12-15H2,1-4H3/b7-6+,11-10+. The fourth-order valence-corrected chi connectivity index (χ4v) is 2.10. The summed E-state index contributed by atoms with van der Waals surface area (Å²) in [6.07, 6.45) is 11.3. The molecule has 0 aromatic heterocycles. The lowest BCUT2D eigenvalue weighted by molar-refractivity contribution is -0.873. The molecule has 0 amide bonds. The number of ether oxygens (including phenoxy) is 1. The van der Waals surface area contributed by atoms with E-state index in [9.17, 15) is 14.7 Å². The van der Waals surface area contributed by atoms with Crippen molar-refractivity contribution in [3.05, 3.63) is 24.3 Å². The van der Waals surface area contributed by atoms with Crippen LogP contribution in [-0.2, 0) is 14.3 Å². The average Bonchev–Trinajstić information content (AvgIpc) is 2.39. The first-order valence-corrected chi connectivity index (χ1v) is 8.24. The van der Waals surface area contributed by atoms with Crippen molar-refractivity contribution in [2.24, 2.45) is 0 Å². The largest absolute Gasteiger partial charge is 0.550 e. The Morgan fingerprint density at radius 3 is 2.13 bits per heavy atom. The Labute approximate surface area is 140 Å². The van der Waals surface area contributed by atoms with Crippen LogP contribution in [-0.4, -0.2) is 50.2 Å². The third-order valence-electron chi connectivity index (χ3n) is 3.03. The number of carbonyl (C=O) groups excluding carboxylic acids is 2. The number of hydrogen-bond acceptors (Lipinski definition) is 4. The second-order valence-corrected chi connectivity index (χ2v) is 6.63. The molecule has 23 heavy (non-hydrogen) atoms. The van der Waals surface area contributed by atoms with E-state index in [-0.39, 0.29) is 18.8 Å². The number of unbranched alkanes of at least 4 members (excludes halogenated alkanes) is 1. The number of rotatable bonds is 12. The lowest BCUT2D eigenvalue weighted by Gasteiger charge is -2.29. The minimum Gasteiger partial charge on any atom is -0.550 e. The number of nitrogens with zero attached hydrogens (tertiary/aromatic N) is 1. The maximum Gasteiger partial charge on any atom is 0.306 e. The Bertz CT molecular complexity index is 408. The van der Waals surface area contributed by atoms with Crippen LogP contribution in [0.15, 0.2) is 24.3 Å². The number of carboxylic acid groups (broad SMARTS) is 1. The molecule has 1 unspecified atom stereocenters. The summed E-state index contributed by atoms with van der Waals surface area (Å²) < 4.78 is 5.80. The molecule has 0 bridgehead atoms. The molecule has 0 rings (SSSR count). The number of allylic oxidation sites excluding steroid dienone is 4. The van der Waals surface area contributed by atoms with E-state index >= 15 is 0 Å². The van der Waals surface area contributed by atoms with Crippen LogP contribution >= 0.6 is 0 Å². The third-order valence-corrected chi connectivity index (χ3v) is 3.03. The Morgan fingerprint density at radius 2 is 1.61 bits per heavy atom. The van der Waals surface area contributed by atoms with Crippen LogP contribution in [0.3, 0.4) is 0 Å². The number of carboxylic acids is 1. The smallest absolute Gasteiger partial charge is 0.306 e. The zero-order valence-electron chi connectivity index (χ0n) is 14.9. The number of esters is 1. The van der Waals surface area contributed by atoms with Gasteiger partial charge < -0.3 is 19.1 Å². The minimum absolute atomic E-state index is 0.263. The first-order valence-electron chi connectivity index (χ1n) is 8.24. The predicted octanol–water partition coefficient (Wildman–Crippen LogP) is 1.83. The highest BCUT2D eigenvalue weighted by molar-refractivity contribution is 5.71. The van der Waals surface area contributed by atoms with Crippen LogP contribution in [0.1, 0.15) is 45.4 Å². The van der Waals surface area contributed by atoms with Crippen molar-refractivity contribution in [2.45, 2.75) is 51.6 Å². The van der Waals surface area contributed by atoms with Crippen LogP contribution < -0.4 is 5.11 Å². The normalized spacial score (nSPS) is 13.6. The van der Waals surface area contributed by atoms with Crippen LogP contribution in [0.2, 0.25) is 0 Å². The second kappa shape index (κ2) is 11.9. The van der Waals surface area contributed by atoms with Crippen molar-refractivity contribution < 1.29 is 23.9 Å². The molecular weight excluding hydrogens is 294 g/mol.